The monoisotopic (exact) mass is 480 g/mol. The van der Waals surface area contributed by atoms with Crippen LogP contribution in [0.5, 0.6) is 0 Å². The number of anilines is 1. The molecule has 1 fully saturated rings. The third kappa shape index (κ3) is 2.81. The van der Waals surface area contributed by atoms with Crippen molar-refractivity contribution < 1.29 is 18.8 Å². The second-order valence-electron chi connectivity index (χ2n) is 10.8. The van der Waals surface area contributed by atoms with Crippen LogP contribution in [-0.4, -0.2) is 34.4 Å². The van der Waals surface area contributed by atoms with E-state index in [1.54, 1.807) is 60.9 Å². The molecule has 1 saturated heterocycles. The molecule has 6 rings (SSSR count). The number of pyridine rings is 1. The molecule has 2 aliphatic heterocycles. The Morgan fingerprint density at radius 2 is 1.69 bits per heavy atom. The third-order valence-electron chi connectivity index (χ3n) is 7.82. The highest BCUT2D eigenvalue weighted by Crippen LogP contribution is 2.61. The summed E-state index contributed by atoms with van der Waals surface area (Å²) in [6.45, 7) is 5.52. The maximum absolute atomic E-state index is 14.4. The fourth-order valence-corrected chi connectivity index (χ4v) is 6.32. The number of benzene rings is 2. The highest BCUT2D eigenvalue weighted by molar-refractivity contribution is 6.32. The predicted molar refractivity (Wildman–Crippen MR) is 134 cm³/mol. The van der Waals surface area contributed by atoms with Crippen LogP contribution in [-0.2, 0) is 4.79 Å². The lowest BCUT2D eigenvalue weighted by molar-refractivity contribution is -0.127. The van der Waals surface area contributed by atoms with Crippen molar-refractivity contribution in [3.8, 4) is 0 Å². The molecule has 0 bridgehead atoms. The first-order valence-corrected chi connectivity index (χ1v) is 12.1. The van der Waals surface area contributed by atoms with E-state index >= 15 is 0 Å². The number of halogens is 1. The fraction of sp³-hybridized carbons (Fsp3) is 0.267. The van der Waals surface area contributed by atoms with E-state index < -0.39 is 34.6 Å². The second kappa shape index (κ2) is 7.53. The van der Waals surface area contributed by atoms with E-state index in [2.05, 4.69) is 4.98 Å². The zero-order valence-corrected chi connectivity index (χ0v) is 20.2. The van der Waals surface area contributed by atoms with E-state index in [0.717, 1.165) is 0 Å². The molecule has 0 saturated carbocycles. The van der Waals surface area contributed by atoms with Crippen molar-refractivity contribution in [3.63, 3.8) is 0 Å². The predicted octanol–water partition coefficient (Wildman–Crippen LogP) is 5.27. The SMILES string of the molecule is CC(C)(C)C(=O)[C@@H]1[C@@H](c2cccnc2)C2(C(=O)c3ccccc3C2=O)[C@H]2C=Cc3cc(F)ccc3N12. The van der Waals surface area contributed by atoms with E-state index in [0.29, 0.717) is 27.9 Å². The van der Waals surface area contributed by atoms with Gasteiger partial charge in [-0.1, -0.05) is 63.3 Å². The maximum atomic E-state index is 14.4. The van der Waals surface area contributed by atoms with Gasteiger partial charge in [-0.25, -0.2) is 4.39 Å². The van der Waals surface area contributed by atoms with Gasteiger partial charge in [0.25, 0.3) is 0 Å². The number of carbonyl (C=O) groups is 3. The van der Waals surface area contributed by atoms with E-state index in [1.165, 1.54) is 12.1 Å². The number of carbonyl (C=O) groups excluding carboxylic acids is 3. The molecule has 1 aliphatic carbocycles. The maximum Gasteiger partial charge on any atom is 0.180 e. The van der Waals surface area contributed by atoms with E-state index in [-0.39, 0.29) is 17.3 Å². The molecule has 36 heavy (non-hydrogen) atoms. The molecule has 0 N–H and O–H groups in total. The molecule has 3 aromatic rings. The smallest absolute Gasteiger partial charge is 0.180 e. The summed E-state index contributed by atoms with van der Waals surface area (Å²) in [5, 5.41) is 0. The summed E-state index contributed by atoms with van der Waals surface area (Å²) in [5.41, 5.74) is 0.323. The molecule has 2 aromatic carbocycles. The molecule has 1 aromatic heterocycles. The molecule has 0 unspecified atom stereocenters. The summed E-state index contributed by atoms with van der Waals surface area (Å²) in [6.07, 6.45) is 6.83. The Morgan fingerprint density at radius 1 is 1.00 bits per heavy atom. The van der Waals surface area contributed by atoms with Gasteiger partial charge in [0.1, 0.15) is 11.2 Å². The number of aromatic nitrogens is 1. The van der Waals surface area contributed by atoms with Gasteiger partial charge in [0.05, 0.1) is 12.1 Å². The largest absolute Gasteiger partial charge is 0.352 e. The van der Waals surface area contributed by atoms with Gasteiger partial charge in [-0.15, -0.1) is 0 Å². The minimum absolute atomic E-state index is 0.0969. The van der Waals surface area contributed by atoms with E-state index in [9.17, 15) is 18.8 Å². The molecule has 0 radical (unpaired) electrons. The molecule has 0 amide bonds. The van der Waals surface area contributed by atoms with Crippen LogP contribution in [0.2, 0.25) is 0 Å². The Balaban J connectivity index is 1.70. The molecular formula is C30H25FN2O3. The summed E-state index contributed by atoms with van der Waals surface area (Å²) in [7, 11) is 0. The van der Waals surface area contributed by atoms with Crippen molar-refractivity contribution in [2.24, 2.45) is 10.8 Å². The first-order valence-electron chi connectivity index (χ1n) is 12.1. The zero-order chi connectivity index (χ0) is 25.4. The quantitative estimate of drug-likeness (QED) is 0.468. The molecule has 3 aliphatic rings. The normalized spacial score (nSPS) is 23.6. The number of rotatable bonds is 2. The van der Waals surface area contributed by atoms with Gasteiger partial charge < -0.3 is 4.90 Å². The number of ketones is 3. The van der Waals surface area contributed by atoms with Gasteiger partial charge in [0, 0.05) is 46.1 Å². The average Bonchev–Trinajstić information content (AvgIpc) is 3.29. The molecule has 180 valence electrons. The number of nitrogens with zero attached hydrogens (tertiary/aromatic N) is 2. The fourth-order valence-electron chi connectivity index (χ4n) is 6.32. The van der Waals surface area contributed by atoms with Crippen LogP contribution in [0.1, 0.15) is 58.5 Å². The van der Waals surface area contributed by atoms with Crippen LogP contribution in [0.3, 0.4) is 0 Å². The lowest BCUT2D eigenvalue weighted by Gasteiger charge is -2.38. The second-order valence-corrected chi connectivity index (χ2v) is 10.8. The van der Waals surface area contributed by atoms with E-state index in [4.69, 9.17) is 0 Å². The Morgan fingerprint density at radius 3 is 2.31 bits per heavy atom. The number of hydrogen-bond donors (Lipinski definition) is 0. The van der Waals surface area contributed by atoms with Crippen molar-refractivity contribution in [2.45, 2.75) is 38.8 Å². The first kappa shape index (κ1) is 22.5. The lowest BCUT2D eigenvalue weighted by Crippen LogP contribution is -2.49. The standard InChI is InChI=1S/C30H25FN2O3/c1-29(2,3)28(36)25-24(18-7-6-14-32-16-18)30(26(34)20-8-4-5-9-21(20)27(30)35)23-13-10-17-15-19(31)11-12-22(17)33(23)25/h4-16,23-25H,1-3H3/t23-,24-,25+/m1/s1. The summed E-state index contributed by atoms with van der Waals surface area (Å²) in [5.74, 6) is -1.84. The highest BCUT2D eigenvalue weighted by Gasteiger charge is 2.72. The van der Waals surface area contributed by atoms with Crippen molar-refractivity contribution in [2.75, 3.05) is 4.90 Å². The molecule has 1 spiro atoms. The molecule has 5 nitrogen and oxygen atoms in total. The molecule has 3 heterocycles. The van der Waals surface area contributed by atoms with E-state index in [1.807, 2.05) is 31.7 Å². The van der Waals surface area contributed by atoms with Gasteiger partial charge >= 0.3 is 0 Å². The van der Waals surface area contributed by atoms with Crippen LogP contribution in [0.4, 0.5) is 10.1 Å². The Bertz CT molecular complexity index is 1440. The number of hydrogen-bond acceptors (Lipinski definition) is 5. The van der Waals surface area contributed by atoms with Gasteiger partial charge in [-0.2, -0.15) is 0 Å². The summed E-state index contributed by atoms with van der Waals surface area (Å²) >= 11 is 0. The summed E-state index contributed by atoms with van der Waals surface area (Å²) < 4.78 is 14.2. The molecular weight excluding hydrogens is 455 g/mol. The summed E-state index contributed by atoms with van der Waals surface area (Å²) in [6, 6.07) is 13.3. The number of Topliss-reactive ketones (excluding diaryl/α,β-unsaturated/α-hetero) is 3. The Kier molecular flexibility index (Phi) is 4.71. The summed E-state index contributed by atoms with van der Waals surface area (Å²) in [4.78, 5) is 49.2. The lowest BCUT2D eigenvalue weighted by atomic mass is 9.63. The van der Waals surface area contributed by atoms with Crippen LogP contribution in [0, 0.1) is 16.6 Å². The minimum Gasteiger partial charge on any atom is -0.352 e. The highest BCUT2D eigenvalue weighted by atomic mass is 19.1. The Hall–Kier alpha value is -3.93. The molecule has 6 heteroatoms. The van der Waals surface area contributed by atoms with Crippen LogP contribution in [0.15, 0.2) is 73.1 Å². The topological polar surface area (TPSA) is 67.3 Å². The van der Waals surface area contributed by atoms with Crippen LogP contribution >= 0.6 is 0 Å². The van der Waals surface area contributed by atoms with Crippen molar-refractivity contribution in [1.29, 1.82) is 0 Å². The number of fused-ring (bicyclic) bond motifs is 5. The van der Waals surface area contributed by atoms with Crippen molar-refractivity contribution >= 4 is 29.1 Å². The third-order valence-corrected chi connectivity index (χ3v) is 7.82. The van der Waals surface area contributed by atoms with Crippen molar-refractivity contribution in [3.05, 3.63) is 101 Å². The van der Waals surface area contributed by atoms with Crippen molar-refractivity contribution in [1.82, 2.24) is 4.98 Å². The molecule has 3 atom stereocenters. The van der Waals surface area contributed by atoms with Gasteiger partial charge in [-0.3, -0.25) is 19.4 Å². The minimum atomic E-state index is -1.55. The zero-order valence-electron chi connectivity index (χ0n) is 20.2. The van der Waals surface area contributed by atoms with Gasteiger partial charge in [0.15, 0.2) is 17.3 Å². The van der Waals surface area contributed by atoms with Gasteiger partial charge in [-0.05, 0) is 29.8 Å². The van der Waals surface area contributed by atoms with Crippen LogP contribution in [0.25, 0.3) is 6.08 Å². The first-order chi connectivity index (χ1) is 17.2. The van der Waals surface area contributed by atoms with Crippen LogP contribution < -0.4 is 4.90 Å². The van der Waals surface area contributed by atoms with Gasteiger partial charge in [0.2, 0.25) is 0 Å². The average molecular weight is 481 g/mol. The Labute approximate surface area is 208 Å².